The molecule has 1 heterocycles. The molecule has 150 valence electrons. The molecule has 2 rings (SSSR count). The number of rotatable bonds is 8. The lowest BCUT2D eigenvalue weighted by molar-refractivity contribution is 0.562. The van der Waals surface area contributed by atoms with Crippen molar-refractivity contribution in [2.75, 3.05) is 13.1 Å². The molecule has 0 amide bonds. The summed E-state index contributed by atoms with van der Waals surface area (Å²) >= 11 is 1.77. The molecule has 0 aliphatic heterocycles. The number of thiophene rings is 1. The fraction of sp³-hybridized carbons (Fsp3) is 0.389. The highest BCUT2D eigenvalue weighted by Gasteiger charge is 2.09. The zero-order valence-electron chi connectivity index (χ0n) is 15.5. The molecule has 0 fully saturated rings. The number of primary sulfonamides is 1. The fourth-order valence-corrected chi connectivity index (χ4v) is 3.90. The van der Waals surface area contributed by atoms with E-state index < -0.39 is 10.0 Å². The second-order valence-electron chi connectivity index (χ2n) is 6.16. The maximum Gasteiger partial charge on any atom is 0.238 e. The lowest BCUT2D eigenvalue weighted by Crippen LogP contribution is -2.39. The van der Waals surface area contributed by atoms with Gasteiger partial charge in [-0.15, -0.1) is 35.3 Å². The van der Waals surface area contributed by atoms with Gasteiger partial charge in [0.15, 0.2) is 5.96 Å². The number of guanidine groups is 1. The Morgan fingerprint density at radius 1 is 1.26 bits per heavy atom. The fourth-order valence-electron chi connectivity index (χ4n) is 2.45. The van der Waals surface area contributed by atoms with E-state index in [1.54, 1.807) is 23.5 Å². The minimum Gasteiger partial charge on any atom is -0.357 e. The van der Waals surface area contributed by atoms with Gasteiger partial charge in [0, 0.05) is 18.0 Å². The molecule has 1 aromatic carbocycles. The molecule has 2 aromatic rings. The SMILES string of the molecule is CCNC(=NCc1cccc(S(N)(=O)=O)c1)NCC(C)Cc1cccs1.I. The van der Waals surface area contributed by atoms with Crippen LogP contribution in [0, 0.1) is 5.92 Å². The molecule has 0 spiro atoms. The van der Waals surface area contributed by atoms with Crippen LogP contribution < -0.4 is 15.8 Å². The molecular formula is C18H27IN4O2S2. The van der Waals surface area contributed by atoms with E-state index in [1.807, 2.05) is 13.0 Å². The second-order valence-corrected chi connectivity index (χ2v) is 8.75. The van der Waals surface area contributed by atoms with E-state index in [0.29, 0.717) is 18.4 Å². The number of hydrogen-bond acceptors (Lipinski definition) is 4. The van der Waals surface area contributed by atoms with Crippen molar-refractivity contribution in [1.29, 1.82) is 0 Å². The minimum atomic E-state index is -3.70. The van der Waals surface area contributed by atoms with Gasteiger partial charge >= 0.3 is 0 Å². The summed E-state index contributed by atoms with van der Waals surface area (Å²) in [6.45, 7) is 6.14. The summed E-state index contributed by atoms with van der Waals surface area (Å²) in [6, 6.07) is 10.8. The maximum absolute atomic E-state index is 11.5. The molecule has 0 saturated carbocycles. The molecule has 0 bridgehead atoms. The number of hydrogen-bond donors (Lipinski definition) is 3. The molecule has 1 atom stereocenters. The lowest BCUT2D eigenvalue weighted by Gasteiger charge is -2.15. The Bertz CT molecular complexity index is 824. The summed E-state index contributed by atoms with van der Waals surface area (Å²) in [7, 11) is -3.70. The number of aliphatic imine (C=N–C) groups is 1. The van der Waals surface area contributed by atoms with Crippen molar-refractivity contribution in [2.45, 2.75) is 31.7 Å². The molecule has 27 heavy (non-hydrogen) atoms. The predicted molar refractivity (Wildman–Crippen MR) is 123 cm³/mol. The topological polar surface area (TPSA) is 96.6 Å². The minimum absolute atomic E-state index is 0. The quantitative estimate of drug-likeness (QED) is 0.282. The average Bonchev–Trinajstić information content (AvgIpc) is 3.10. The number of halogens is 1. The summed E-state index contributed by atoms with van der Waals surface area (Å²) in [6.07, 6.45) is 1.03. The molecule has 4 N–H and O–H groups in total. The Morgan fingerprint density at radius 3 is 2.67 bits per heavy atom. The van der Waals surface area contributed by atoms with Gasteiger partial charge in [0.2, 0.25) is 10.0 Å². The number of nitrogens with zero attached hydrogens (tertiary/aromatic N) is 1. The summed E-state index contributed by atoms with van der Waals surface area (Å²) < 4.78 is 22.9. The lowest BCUT2D eigenvalue weighted by atomic mass is 10.1. The Morgan fingerprint density at radius 2 is 2.04 bits per heavy atom. The third-order valence-electron chi connectivity index (χ3n) is 3.74. The highest BCUT2D eigenvalue weighted by atomic mass is 127. The van der Waals surface area contributed by atoms with Crippen LogP contribution in [0.3, 0.4) is 0 Å². The van der Waals surface area contributed by atoms with Crippen molar-refractivity contribution in [3.63, 3.8) is 0 Å². The summed E-state index contributed by atoms with van der Waals surface area (Å²) in [5.74, 6) is 1.19. The standard InChI is InChI=1S/C18H26N4O2S2.HI/c1-3-20-18(21-12-14(2)10-16-7-5-9-25-16)22-13-15-6-4-8-17(11-15)26(19,23)24;/h4-9,11,14H,3,10,12-13H2,1-2H3,(H2,19,23,24)(H2,20,21,22);1H. The van der Waals surface area contributed by atoms with Crippen molar-refractivity contribution in [3.8, 4) is 0 Å². The first-order valence-electron chi connectivity index (χ1n) is 8.54. The molecule has 0 aliphatic carbocycles. The number of nitrogens with two attached hydrogens (primary N) is 1. The molecule has 0 aliphatic rings. The maximum atomic E-state index is 11.5. The second kappa shape index (κ2) is 11.6. The van der Waals surface area contributed by atoms with Crippen LogP contribution in [-0.4, -0.2) is 27.5 Å². The van der Waals surface area contributed by atoms with Gasteiger partial charge in [-0.25, -0.2) is 18.5 Å². The number of nitrogens with one attached hydrogen (secondary N) is 2. The first-order valence-corrected chi connectivity index (χ1v) is 11.0. The summed E-state index contributed by atoms with van der Waals surface area (Å²) in [5.41, 5.74) is 0.792. The monoisotopic (exact) mass is 522 g/mol. The Balaban J connectivity index is 0.00000364. The van der Waals surface area contributed by atoms with Gasteiger partial charge in [0.1, 0.15) is 0 Å². The van der Waals surface area contributed by atoms with E-state index in [-0.39, 0.29) is 28.9 Å². The van der Waals surface area contributed by atoms with Crippen LogP contribution in [0.5, 0.6) is 0 Å². The van der Waals surface area contributed by atoms with E-state index in [0.717, 1.165) is 25.1 Å². The van der Waals surface area contributed by atoms with Gasteiger partial charge in [-0.3, -0.25) is 0 Å². The normalized spacial score (nSPS) is 12.9. The zero-order chi connectivity index (χ0) is 19.0. The Hall–Kier alpha value is -1.17. The summed E-state index contributed by atoms with van der Waals surface area (Å²) in [4.78, 5) is 6.02. The number of benzene rings is 1. The van der Waals surface area contributed by atoms with Crippen LogP contribution in [0.2, 0.25) is 0 Å². The van der Waals surface area contributed by atoms with Crippen LogP contribution in [0.15, 0.2) is 51.7 Å². The van der Waals surface area contributed by atoms with E-state index in [4.69, 9.17) is 5.14 Å². The van der Waals surface area contributed by atoms with Gasteiger partial charge in [-0.05, 0) is 48.4 Å². The molecule has 1 aromatic heterocycles. The third-order valence-corrected chi connectivity index (χ3v) is 5.55. The molecule has 6 nitrogen and oxygen atoms in total. The summed E-state index contributed by atoms with van der Waals surface area (Å²) in [5, 5.41) is 13.8. The average molecular weight is 522 g/mol. The zero-order valence-corrected chi connectivity index (χ0v) is 19.5. The van der Waals surface area contributed by atoms with E-state index in [2.05, 4.69) is 40.1 Å². The predicted octanol–water partition coefficient (Wildman–Crippen LogP) is 2.95. The van der Waals surface area contributed by atoms with Crippen molar-refractivity contribution in [2.24, 2.45) is 16.0 Å². The highest BCUT2D eigenvalue weighted by molar-refractivity contribution is 14.0. The van der Waals surface area contributed by atoms with Crippen molar-refractivity contribution in [1.82, 2.24) is 10.6 Å². The van der Waals surface area contributed by atoms with E-state index in [1.165, 1.54) is 10.9 Å². The first kappa shape index (κ1) is 23.9. The number of sulfonamides is 1. The van der Waals surface area contributed by atoms with Crippen LogP contribution >= 0.6 is 35.3 Å². The molecule has 1 unspecified atom stereocenters. The highest BCUT2D eigenvalue weighted by Crippen LogP contribution is 2.14. The van der Waals surface area contributed by atoms with Crippen molar-refractivity contribution in [3.05, 3.63) is 52.2 Å². The Labute approximate surface area is 182 Å². The largest absolute Gasteiger partial charge is 0.357 e. The van der Waals surface area contributed by atoms with Crippen LogP contribution in [-0.2, 0) is 23.0 Å². The van der Waals surface area contributed by atoms with Crippen LogP contribution in [0.25, 0.3) is 0 Å². The van der Waals surface area contributed by atoms with Gasteiger partial charge in [-0.2, -0.15) is 0 Å². The van der Waals surface area contributed by atoms with Crippen LogP contribution in [0.1, 0.15) is 24.3 Å². The van der Waals surface area contributed by atoms with Crippen molar-refractivity contribution >= 4 is 51.3 Å². The van der Waals surface area contributed by atoms with Crippen LogP contribution in [0.4, 0.5) is 0 Å². The van der Waals surface area contributed by atoms with Gasteiger partial charge in [0.05, 0.1) is 11.4 Å². The van der Waals surface area contributed by atoms with E-state index >= 15 is 0 Å². The van der Waals surface area contributed by atoms with E-state index in [9.17, 15) is 8.42 Å². The van der Waals surface area contributed by atoms with Crippen molar-refractivity contribution < 1.29 is 8.42 Å². The third kappa shape index (κ3) is 8.58. The smallest absolute Gasteiger partial charge is 0.238 e. The molecular weight excluding hydrogens is 495 g/mol. The van der Waals surface area contributed by atoms with Gasteiger partial charge < -0.3 is 10.6 Å². The molecule has 0 saturated heterocycles. The Kier molecular flexibility index (Phi) is 10.3. The molecule has 0 radical (unpaired) electrons. The first-order chi connectivity index (χ1) is 12.4. The van der Waals surface area contributed by atoms with Gasteiger partial charge in [0.25, 0.3) is 0 Å². The van der Waals surface area contributed by atoms with Gasteiger partial charge in [-0.1, -0.05) is 25.1 Å². The molecule has 9 heteroatoms.